The summed E-state index contributed by atoms with van der Waals surface area (Å²) in [6, 6.07) is 4.31. The van der Waals surface area contributed by atoms with Crippen LogP contribution in [0.3, 0.4) is 0 Å². The van der Waals surface area contributed by atoms with Crippen LogP contribution in [-0.4, -0.2) is 55.1 Å². The molecule has 3 rings (SSSR count). The van der Waals surface area contributed by atoms with E-state index in [2.05, 4.69) is 9.97 Å². The van der Waals surface area contributed by atoms with Crippen LogP contribution in [0.5, 0.6) is 0 Å². The second kappa shape index (κ2) is 6.01. The van der Waals surface area contributed by atoms with Crippen molar-refractivity contribution in [3.63, 3.8) is 0 Å². The third-order valence-corrected chi connectivity index (χ3v) is 5.65. The average Bonchev–Trinajstić information content (AvgIpc) is 2.52. The Balaban J connectivity index is 1.94. The van der Waals surface area contributed by atoms with Gasteiger partial charge in [-0.3, -0.25) is 0 Å². The van der Waals surface area contributed by atoms with Crippen molar-refractivity contribution in [3.05, 3.63) is 30.3 Å². The second-order valence-electron chi connectivity index (χ2n) is 5.88. The molecule has 0 radical (unpaired) electrons. The van der Waals surface area contributed by atoms with Crippen LogP contribution in [0.15, 0.2) is 24.5 Å². The number of aromatic nitrogens is 2. The number of nitrogens with zero attached hydrogens (tertiary/aromatic N) is 4. The van der Waals surface area contributed by atoms with E-state index < -0.39 is 10.0 Å². The Bertz CT molecular complexity index is 827. The molecule has 0 aliphatic carbocycles. The molecule has 1 atom stereocenters. The largest absolute Gasteiger partial charge is 0.354 e. The van der Waals surface area contributed by atoms with Crippen molar-refractivity contribution in [3.8, 4) is 0 Å². The highest BCUT2D eigenvalue weighted by Gasteiger charge is 2.29. The molecule has 23 heavy (non-hydrogen) atoms. The third kappa shape index (κ3) is 3.28. The van der Waals surface area contributed by atoms with Crippen molar-refractivity contribution in [1.82, 2.24) is 14.3 Å². The van der Waals surface area contributed by atoms with Gasteiger partial charge in [0.2, 0.25) is 10.0 Å². The van der Waals surface area contributed by atoms with E-state index >= 15 is 0 Å². The zero-order valence-corrected chi connectivity index (χ0v) is 13.9. The highest BCUT2D eigenvalue weighted by Crippen LogP contribution is 2.27. The monoisotopic (exact) mass is 338 g/mol. The number of likely N-dealkylation sites (N-methyl/N-ethyl adjacent to an activating group) is 1. The molecule has 0 N–H and O–H groups in total. The van der Waals surface area contributed by atoms with Crippen LogP contribution >= 0.6 is 0 Å². The average molecular weight is 338 g/mol. The summed E-state index contributed by atoms with van der Waals surface area (Å²) < 4.78 is 38.5. The van der Waals surface area contributed by atoms with Crippen LogP contribution in [-0.2, 0) is 10.0 Å². The summed E-state index contributed by atoms with van der Waals surface area (Å²) in [5, 5.41) is 0.648. The smallest absolute Gasteiger partial charge is 0.211 e. The van der Waals surface area contributed by atoms with Crippen LogP contribution in [0.4, 0.5) is 10.2 Å². The maximum Gasteiger partial charge on any atom is 0.211 e. The van der Waals surface area contributed by atoms with E-state index in [0.717, 1.165) is 19.4 Å². The summed E-state index contributed by atoms with van der Waals surface area (Å²) in [6.45, 7) is 1.29. The van der Waals surface area contributed by atoms with Crippen molar-refractivity contribution >= 4 is 26.7 Å². The maximum absolute atomic E-state index is 13.6. The van der Waals surface area contributed by atoms with Crippen molar-refractivity contribution in [1.29, 1.82) is 0 Å². The molecular formula is C15H19FN4O2S. The molecule has 1 saturated heterocycles. The van der Waals surface area contributed by atoms with E-state index in [1.807, 2.05) is 4.90 Å². The van der Waals surface area contributed by atoms with Gasteiger partial charge in [0, 0.05) is 31.6 Å². The van der Waals surface area contributed by atoms with E-state index in [4.69, 9.17) is 0 Å². The Kier molecular flexibility index (Phi) is 4.20. The normalized spacial score (nSPS) is 19.5. The molecule has 1 aliphatic heterocycles. The molecule has 0 amide bonds. The van der Waals surface area contributed by atoms with Crippen LogP contribution in [0.2, 0.25) is 0 Å². The van der Waals surface area contributed by atoms with Gasteiger partial charge in [0.05, 0.1) is 11.8 Å². The molecule has 0 bridgehead atoms. The van der Waals surface area contributed by atoms with Gasteiger partial charge in [-0.2, -0.15) is 0 Å². The summed E-state index contributed by atoms with van der Waals surface area (Å²) in [5.41, 5.74) is 0.676. The fraction of sp³-hybridized carbons (Fsp3) is 0.467. The first-order valence-corrected chi connectivity index (χ1v) is 9.29. The number of hydrogen-bond donors (Lipinski definition) is 0. The lowest BCUT2D eigenvalue weighted by Gasteiger charge is -2.37. The number of sulfonamides is 1. The third-order valence-electron chi connectivity index (χ3n) is 4.31. The minimum absolute atomic E-state index is 0.114. The molecular weight excluding hydrogens is 319 g/mol. The molecule has 2 heterocycles. The Labute approximate surface area is 135 Å². The fourth-order valence-corrected chi connectivity index (χ4v) is 3.70. The summed E-state index contributed by atoms with van der Waals surface area (Å²) in [7, 11) is -1.64. The molecule has 8 heteroatoms. The van der Waals surface area contributed by atoms with Crippen LogP contribution in [0, 0.1) is 5.82 Å². The van der Waals surface area contributed by atoms with Gasteiger partial charge in [0.15, 0.2) is 0 Å². The van der Waals surface area contributed by atoms with Gasteiger partial charge in [-0.05, 0) is 31.0 Å². The van der Waals surface area contributed by atoms with Gasteiger partial charge in [0.25, 0.3) is 0 Å². The zero-order valence-electron chi connectivity index (χ0n) is 13.1. The minimum Gasteiger partial charge on any atom is -0.354 e. The Morgan fingerprint density at radius 2 is 2.13 bits per heavy atom. The molecule has 1 aromatic carbocycles. The molecule has 6 nitrogen and oxygen atoms in total. The Hall–Kier alpha value is -1.80. The van der Waals surface area contributed by atoms with Crippen molar-refractivity contribution in [2.45, 2.75) is 18.9 Å². The molecule has 0 spiro atoms. The predicted octanol–water partition coefficient (Wildman–Crippen LogP) is 1.63. The van der Waals surface area contributed by atoms with E-state index in [0.29, 0.717) is 23.3 Å². The van der Waals surface area contributed by atoms with Gasteiger partial charge in [-0.15, -0.1) is 0 Å². The standard InChI is InChI=1S/C15H19FN4O2S/c1-19(23(2,21)22)12-4-3-7-20(9-12)15-13-8-11(16)5-6-14(13)17-10-18-15/h5-6,8,10,12H,3-4,7,9H2,1-2H3. The van der Waals surface area contributed by atoms with Crippen molar-refractivity contribution < 1.29 is 12.8 Å². The summed E-state index contributed by atoms with van der Waals surface area (Å²) in [4.78, 5) is 10.5. The molecule has 2 aromatic rings. The number of halogens is 1. The number of rotatable bonds is 3. The van der Waals surface area contributed by atoms with E-state index in [1.165, 1.54) is 29.0 Å². The molecule has 1 fully saturated rings. The van der Waals surface area contributed by atoms with Crippen LogP contribution < -0.4 is 4.90 Å². The topological polar surface area (TPSA) is 66.4 Å². The highest BCUT2D eigenvalue weighted by molar-refractivity contribution is 7.88. The number of piperidine rings is 1. The lowest BCUT2D eigenvalue weighted by Crippen LogP contribution is -2.48. The maximum atomic E-state index is 13.6. The molecule has 1 aromatic heterocycles. The summed E-state index contributed by atoms with van der Waals surface area (Å²) >= 11 is 0. The first-order chi connectivity index (χ1) is 10.9. The number of hydrogen-bond acceptors (Lipinski definition) is 5. The van der Waals surface area contributed by atoms with E-state index in [1.54, 1.807) is 13.1 Å². The van der Waals surface area contributed by atoms with Gasteiger partial charge < -0.3 is 4.90 Å². The van der Waals surface area contributed by atoms with E-state index in [-0.39, 0.29) is 11.9 Å². The van der Waals surface area contributed by atoms with Crippen molar-refractivity contribution in [2.24, 2.45) is 0 Å². The SMILES string of the molecule is CN(C1CCCN(c2ncnc3ccc(F)cc23)C1)S(C)(=O)=O. The first kappa shape index (κ1) is 16.1. The number of anilines is 1. The molecule has 1 unspecified atom stereocenters. The minimum atomic E-state index is -3.24. The van der Waals surface area contributed by atoms with Gasteiger partial charge in [-0.1, -0.05) is 0 Å². The Morgan fingerprint density at radius 3 is 2.87 bits per heavy atom. The number of benzene rings is 1. The lowest BCUT2D eigenvalue weighted by molar-refractivity contribution is 0.321. The summed E-state index contributed by atoms with van der Waals surface area (Å²) in [6.07, 6.45) is 4.32. The Morgan fingerprint density at radius 1 is 1.35 bits per heavy atom. The molecule has 124 valence electrons. The quantitative estimate of drug-likeness (QED) is 0.851. The number of fused-ring (bicyclic) bond motifs is 1. The van der Waals surface area contributed by atoms with Gasteiger partial charge >= 0.3 is 0 Å². The zero-order chi connectivity index (χ0) is 16.6. The van der Waals surface area contributed by atoms with Crippen LogP contribution in [0.1, 0.15) is 12.8 Å². The second-order valence-corrected chi connectivity index (χ2v) is 7.92. The fourth-order valence-electron chi connectivity index (χ4n) is 2.98. The predicted molar refractivity (Wildman–Crippen MR) is 87.3 cm³/mol. The first-order valence-electron chi connectivity index (χ1n) is 7.44. The molecule has 1 aliphatic rings. The highest BCUT2D eigenvalue weighted by atomic mass is 32.2. The molecule has 0 saturated carbocycles. The summed E-state index contributed by atoms with van der Waals surface area (Å²) in [5.74, 6) is 0.316. The lowest BCUT2D eigenvalue weighted by atomic mass is 10.1. The van der Waals surface area contributed by atoms with Gasteiger partial charge in [0.1, 0.15) is 18.0 Å². The van der Waals surface area contributed by atoms with Gasteiger partial charge in [-0.25, -0.2) is 27.1 Å². The van der Waals surface area contributed by atoms with E-state index in [9.17, 15) is 12.8 Å². The van der Waals surface area contributed by atoms with Crippen LogP contribution in [0.25, 0.3) is 10.9 Å². The van der Waals surface area contributed by atoms with Crippen molar-refractivity contribution in [2.75, 3.05) is 31.3 Å².